The van der Waals surface area contributed by atoms with Crippen molar-refractivity contribution in [3.05, 3.63) is 0 Å². The van der Waals surface area contributed by atoms with Crippen LogP contribution < -0.4 is 5.32 Å². The summed E-state index contributed by atoms with van der Waals surface area (Å²) in [6.45, 7) is 6.66. The molecule has 16 heavy (non-hydrogen) atoms. The van der Waals surface area contributed by atoms with Gasteiger partial charge in [0, 0.05) is 18.4 Å². The van der Waals surface area contributed by atoms with Gasteiger partial charge in [-0.1, -0.05) is 6.92 Å². The molecule has 1 aliphatic rings. The van der Waals surface area contributed by atoms with Crippen LogP contribution in [0.25, 0.3) is 0 Å². The minimum atomic E-state index is 0.355. The highest BCUT2D eigenvalue weighted by atomic mass is 16.5. The fourth-order valence-corrected chi connectivity index (χ4v) is 2.94. The van der Waals surface area contributed by atoms with Crippen LogP contribution in [0.3, 0.4) is 0 Å². The van der Waals surface area contributed by atoms with E-state index in [1.54, 1.807) is 0 Å². The van der Waals surface area contributed by atoms with E-state index in [0.717, 1.165) is 19.3 Å². The second-order valence-electron chi connectivity index (χ2n) is 4.97. The largest absolute Gasteiger partial charge is 0.375 e. The van der Waals surface area contributed by atoms with Crippen LogP contribution in [0.5, 0.6) is 0 Å². The summed E-state index contributed by atoms with van der Waals surface area (Å²) in [7, 11) is 2.04. The maximum absolute atomic E-state index is 5.89. The van der Waals surface area contributed by atoms with Crippen molar-refractivity contribution in [3.63, 3.8) is 0 Å². The highest BCUT2D eigenvalue weighted by Crippen LogP contribution is 2.35. The molecule has 5 unspecified atom stereocenters. The van der Waals surface area contributed by atoms with Gasteiger partial charge in [0.2, 0.25) is 0 Å². The van der Waals surface area contributed by atoms with Gasteiger partial charge in [-0.25, -0.2) is 0 Å². The van der Waals surface area contributed by atoms with Crippen molar-refractivity contribution in [2.75, 3.05) is 7.05 Å². The summed E-state index contributed by atoms with van der Waals surface area (Å²) in [5.74, 6) is 3.94. The summed E-state index contributed by atoms with van der Waals surface area (Å²) in [6.07, 6.45) is 9.16. The molecule has 1 rings (SSSR count). The first-order valence-corrected chi connectivity index (χ1v) is 6.38. The molecule has 1 N–H and O–H groups in total. The molecule has 0 aromatic carbocycles. The molecule has 0 amide bonds. The van der Waals surface area contributed by atoms with Crippen LogP contribution in [0.15, 0.2) is 0 Å². The third kappa shape index (κ3) is 2.99. The van der Waals surface area contributed by atoms with Gasteiger partial charge in [0.15, 0.2) is 0 Å². The average Bonchev–Trinajstić information content (AvgIpc) is 2.50. The topological polar surface area (TPSA) is 21.3 Å². The number of nitrogens with one attached hydrogen (secondary N) is 1. The van der Waals surface area contributed by atoms with Crippen molar-refractivity contribution in [2.24, 2.45) is 11.8 Å². The Balaban J connectivity index is 2.55. The smallest absolute Gasteiger partial charge is 0.0597 e. The van der Waals surface area contributed by atoms with Crippen LogP contribution in [0, 0.1) is 24.2 Å². The molecule has 1 fully saturated rings. The van der Waals surface area contributed by atoms with E-state index in [-0.39, 0.29) is 0 Å². The van der Waals surface area contributed by atoms with Gasteiger partial charge in [0.1, 0.15) is 0 Å². The summed E-state index contributed by atoms with van der Waals surface area (Å²) >= 11 is 0. The van der Waals surface area contributed by atoms with E-state index in [9.17, 15) is 0 Å². The van der Waals surface area contributed by atoms with Crippen molar-refractivity contribution >= 4 is 0 Å². The van der Waals surface area contributed by atoms with Crippen LogP contribution >= 0.6 is 0 Å². The molecule has 1 saturated heterocycles. The van der Waals surface area contributed by atoms with Gasteiger partial charge in [-0.05, 0) is 39.7 Å². The predicted molar refractivity (Wildman–Crippen MR) is 68.2 cm³/mol. The van der Waals surface area contributed by atoms with Crippen molar-refractivity contribution in [1.82, 2.24) is 5.32 Å². The minimum Gasteiger partial charge on any atom is -0.375 e. The summed E-state index contributed by atoms with van der Waals surface area (Å²) < 4.78 is 5.89. The molecule has 0 bridgehead atoms. The van der Waals surface area contributed by atoms with Gasteiger partial charge < -0.3 is 10.1 Å². The SMILES string of the molecule is C#CCCCC(NC)C1C(C)OC(C)C1C. The highest BCUT2D eigenvalue weighted by Gasteiger charge is 2.40. The van der Waals surface area contributed by atoms with Crippen LogP contribution in [-0.4, -0.2) is 25.3 Å². The molecular formula is C14H25NO. The monoisotopic (exact) mass is 223 g/mol. The Labute approximate surface area is 100 Å². The highest BCUT2D eigenvalue weighted by molar-refractivity contribution is 4.92. The van der Waals surface area contributed by atoms with Crippen molar-refractivity contribution in [1.29, 1.82) is 0 Å². The zero-order valence-electron chi connectivity index (χ0n) is 11.0. The van der Waals surface area contributed by atoms with Crippen LogP contribution in [0.4, 0.5) is 0 Å². The second-order valence-corrected chi connectivity index (χ2v) is 4.97. The lowest BCUT2D eigenvalue weighted by molar-refractivity contribution is 0.0474. The zero-order chi connectivity index (χ0) is 12.1. The first kappa shape index (κ1) is 13.5. The van der Waals surface area contributed by atoms with E-state index in [1.165, 1.54) is 0 Å². The van der Waals surface area contributed by atoms with Crippen LogP contribution in [0.1, 0.15) is 40.0 Å². The lowest BCUT2D eigenvalue weighted by atomic mass is 9.81. The molecule has 1 aliphatic heterocycles. The Morgan fingerprint density at radius 2 is 2.00 bits per heavy atom. The van der Waals surface area contributed by atoms with Crippen molar-refractivity contribution in [2.45, 2.75) is 58.3 Å². The third-order valence-corrected chi connectivity index (χ3v) is 3.99. The zero-order valence-corrected chi connectivity index (χ0v) is 11.0. The molecular weight excluding hydrogens is 198 g/mol. The first-order chi connectivity index (χ1) is 7.61. The molecule has 92 valence electrons. The Kier molecular flexibility index (Phi) is 5.31. The molecule has 0 aromatic rings. The molecule has 1 heterocycles. The molecule has 0 radical (unpaired) electrons. The Bertz CT molecular complexity index is 246. The maximum Gasteiger partial charge on any atom is 0.0597 e. The van der Waals surface area contributed by atoms with E-state index >= 15 is 0 Å². The summed E-state index contributed by atoms with van der Waals surface area (Å²) in [5.41, 5.74) is 0. The fraction of sp³-hybridized carbons (Fsp3) is 0.857. The number of terminal acetylenes is 1. The number of ether oxygens (including phenoxy) is 1. The molecule has 5 atom stereocenters. The van der Waals surface area contributed by atoms with E-state index < -0.39 is 0 Å². The molecule has 0 saturated carbocycles. The van der Waals surface area contributed by atoms with Gasteiger partial charge in [0.05, 0.1) is 12.2 Å². The quantitative estimate of drug-likeness (QED) is 0.571. The molecule has 2 heteroatoms. The van der Waals surface area contributed by atoms with E-state index in [0.29, 0.717) is 30.1 Å². The minimum absolute atomic E-state index is 0.355. The normalized spacial score (nSPS) is 35.9. The maximum atomic E-state index is 5.89. The number of hydrogen-bond acceptors (Lipinski definition) is 2. The lowest BCUT2D eigenvalue weighted by Crippen LogP contribution is -2.40. The lowest BCUT2D eigenvalue weighted by Gasteiger charge is -2.28. The van der Waals surface area contributed by atoms with E-state index in [2.05, 4.69) is 32.0 Å². The first-order valence-electron chi connectivity index (χ1n) is 6.38. The summed E-state index contributed by atoms with van der Waals surface area (Å²) in [5, 5.41) is 3.44. The second kappa shape index (κ2) is 6.27. The average molecular weight is 223 g/mol. The Morgan fingerprint density at radius 3 is 2.44 bits per heavy atom. The van der Waals surface area contributed by atoms with Gasteiger partial charge in [0.25, 0.3) is 0 Å². The van der Waals surface area contributed by atoms with Crippen LogP contribution in [-0.2, 0) is 4.74 Å². The summed E-state index contributed by atoms with van der Waals surface area (Å²) in [4.78, 5) is 0. The predicted octanol–water partition coefficient (Wildman–Crippen LogP) is 2.44. The third-order valence-electron chi connectivity index (χ3n) is 3.99. The molecule has 2 nitrogen and oxygen atoms in total. The number of hydrogen-bond donors (Lipinski definition) is 1. The van der Waals surface area contributed by atoms with Crippen molar-refractivity contribution in [3.8, 4) is 12.3 Å². The van der Waals surface area contributed by atoms with Crippen molar-refractivity contribution < 1.29 is 4.74 Å². The fourth-order valence-electron chi connectivity index (χ4n) is 2.94. The van der Waals surface area contributed by atoms with Gasteiger partial charge in [-0.3, -0.25) is 0 Å². The number of unbranched alkanes of at least 4 members (excludes halogenated alkanes) is 1. The molecule has 0 aromatic heterocycles. The Morgan fingerprint density at radius 1 is 1.31 bits per heavy atom. The summed E-state index contributed by atoms with van der Waals surface area (Å²) in [6, 6.07) is 0.531. The standard InChI is InChI=1S/C14H25NO/c1-6-7-8-9-13(15-5)14-10(2)11(3)16-12(14)4/h1,10-15H,7-9H2,2-5H3. The molecule has 0 spiro atoms. The van der Waals surface area contributed by atoms with Gasteiger partial charge in [-0.15, -0.1) is 12.3 Å². The van der Waals surface area contributed by atoms with Gasteiger partial charge >= 0.3 is 0 Å². The molecule has 0 aliphatic carbocycles. The number of rotatable bonds is 5. The van der Waals surface area contributed by atoms with E-state index in [4.69, 9.17) is 11.2 Å². The van der Waals surface area contributed by atoms with E-state index in [1.807, 2.05) is 7.05 Å². The van der Waals surface area contributed by atoms with Crippen LogP contribution in [0.2, 0.25) is 0 Å². The Hall–Kier alpha value is -0.520. The van der Waals surface area contributed by atoms with Gasteiger partial charge in [-0.2, -0.15) is 0 Å².